The summed E-state index contributed by atoms with van der Waals surface area (Å²) in [7, 11) is 0. The second-order valence-corrected chi connectivity index (χ2v) is 4.05. The summed E-state index contributed by atoms with van der Waals surface area (Å²) < 4.78 is 10.6. The Hall–Kier alpha value is 0.130. The van der Waals surface area contributed by atoms with E-state index in [1.165, 1.54) is 6.92 Å². The van der Waals surface area contributed by atoms with Gasteiger partial charge >= 0.3 is 25.8 Å². The topological polar surface area (TPSA) is 52.6 Å². The molecule has 0 aliphatic heterocycles. The molecule has 0 bridgehead atoms. The molecular formula is C11H23InO4. The first kappa shape index (κ1) is 18.5. The molecule has 0 rings (SSSR count). The Morgan fingerprint density at radius 1 is 1.00 bits per heavy atom. The number of hydrogen-bond donors (Lipinski definition) is 0. The summed E-state index contributed by atoms with van der Waals surface area (Å²) in [5.74, 6) is -0.491. The van der Waals surface area contributed by atoms with E-state index in [2.05, 4.69) is 0 Å². The van der Waals surface area contributed by atoms with Crippen molar-refractivity contribution in [1.82, 2.24) is 0 Å². The fourth-order valence-electron chi connectivity index (χ4n) is 1.01. The molecule has 0 atom stereocenters. The van der Waals surface area contributed by atoms with E-state index >= 15 is 0 Å². The SMILES string of the molecule is CC(=O)CC(=O)C(OC(C)C)OC(C)C.[InH3]. The molecule has 4 nitrogen and oxygen atoms in total. The first-order chi connectivity index (χ1) is 6.82. The zero-order valence-electron chi connectivity index (χ0n) is 10.1. The molecule has 0 saturated heterocycles. The van der Waals surface area contributed by atoms with E-state index in [1.807, 2.05) is 27.7 Å². The van der Waals surface area contributed by atoms with Crippen LogP contribution in [0.3, 0.4) is 0 Å². The summed E-state index contributed by atoms with van der Waals surface area (Å²) in [5.41, 5.74) is 0. The number of ether oxygens (including phenoxy) is 2. The Balaban J connectivity index is 0. The first-order valence-corrected chi connectivity index (χ1v) is 5.16. The second kappa shape index (κ2) is 9.19. The van der Waals surface area contributed by atoms with Gasteiger partial charge in [0, 0.05) is 0 Å². The van der Waals surface area contributed by atoms with Crippen LogP contribution in [0.15, 0.2) is 0 Å². The third-order valence-corrected chi connectivity index (χ3v) is 1.48. The van der Waals surface area contributed by atoms with Crippen LogP contribution in [-0.4, -0.2) is 55.9 Å². The van der Waals surface area contributed by atoms with Crippen LogP contribution in [0.25, 0.3) is 0 Å². The van der Waals surface area contributed by atoms with E-state index in [0.717, 1.165) is 0 Å². The molecule has 0 aromatic rings. The summed E-state index contributed by atoms with van der Waals surface area (Å²) in [4.78, 5) is 22.4. The second-order valence-electron chi connectivity index (χ2n) is 4.05. The number of carbonyl (C=O) groups is 2. The van der Waals surface area contributed by atoms with Crippen LogP contribution in [-0.2, 0) is 19.1 Å². The molecule has 16 heavy (non-hydrogen) atoms. The number of carbonyl (C=O) groups excluding carboxylic acids is 2. The molecule has 5 heteroatoms. The quantitative estimate of drug-likeness (QED) is 0.503. The summed E-state index contributed by atoms with van der Waals surface area (Å²) in [6.07, 6.45) is -1.27. The van der Waals surface area contributed by atoms with E-state index < -0.39 is 6.29 Å². The van der Waals surface area contributed by atoms with Gasteiger partial charge < -0.3 is 9.47 Å². The molecule has 0 fully saturated rings. The number of Topliss-reactive ketones (excluding diaryl/α,β-unsaturated/α-hetero) is 2. The monoisotopic (exact) mass is 334 g/mol. The Morgan fingerprint density at radius 3 is 1.62 bits per heavy atom. The predicted octanol–water partition coefficient (Wildman–Crippen LogP) is 0.527. The summed E-state index contributed by atoms with van der Waals surface area (Å²) in [6, 6.07) is 0. The van der Waals surface area contributed by atoms with E-state index in [9.17, 15) is 9.59 Å². The molecule has 0 aliphatic rings. The van der Waals surface area contributed by atoms with Gasteiger partial charge in [-0.2, -0.15) is 0 Å². The third-order valence-electron chi connectivity index (χ3n) is 1.48. The van der Waals surface area contributed by atoms with Crippen molar-refractivity contribution in [2.75, 3.05) is 0 Å². The molecule has 0 heterocycles. The Labute approximate surface area is 116 Å². The molecule has 0 N–H and O–H groups in total. The molecule has 0 spiro atoms. The molecule has 0 amide bonds. The normalized spacial score (nSPS) is 10.8. The van der Waals surface area contributed by atoms with Crippen molar-refractivity contribution in [3.8, 4) is 0 Å². The van der Waals surface area contributed by atoms with E-state index in [0.29, 0.717) is 0 Å². The van der Waals surface area contributed by atoms with Gasteiger partial charge in [0.15, 0.2) is 5.78 Å². The van der Waals surface area contributed by atoms with Crippen LogP contribution in [0.4, 0.5) is 0 Å². The average molecular weight is 334 g/mol. The molecule has 0 saturated carbocycles. The summed E-state index contributed by atoms with van der Waals surface area (Å²) in [6.45, 7) is 8.64. The van der Waals surface area contributed by atoms with Crippen LogP contribution >= 0.6 is 0 Å². The van der Waals surface area contributed by atoms with Crippen molar-refractivity contribution in [2.24, 2.45) is 0 Å². The Bertz CT molecular complexity index is 216. The van der Waals surface area contributed by atoms with Gasteiger partial charge in [0.05, 0.1) is 18.6 Å². The molecule has 94 valence electrons. The predicted molar refractivity (Wildman–Crippen MR) is 66.5 cm³/mol. The van der Waals surface area contributed by atoms with E-state index in [1.54, 1.807) is 0 Å². The Kier molecular flexibility index (Phi) is 10.6. The van der Waals surface area contributed by atoms with Crippen LogP contribution in [0.1, 0.15) is 41.0 Å². The van der Waals surface area contributed by atoms with Crippen molar-refractivity contribution in [3.05, 3.63) is 0 Å². The van der Waals surface area contributed by atoms with Gasteiger partial charge in [0.1, 0.15) is 5.78 Å². The standard InChI is InChI=1S/C11H20O4.In.3H/c1-7(2)14-11(15-8(3)4)10(13)6-9(5)12;;;;/h7-8,11H,6H2,1-5H3;;;;. The van der Waals surface area contributed by atoms with Gasteiger partial charge in [-0.1, -0.05) is 0 Å². The maximum atomic E-state index is 11.6. The van der Waals surface area contributed by atoms with Gasteiger partial charge in [-0.25, -0.2) is 0 Å². The first-order valence-electron chi connectivity index (χ1n) is 5.16. The number of ketones is 2. The van der Waals surface area contributed by atoms with Crippen molar-refractivity contribution in [2.45, 2.75) is 59.5 Å². The van der Waals surface area contributed by atoms with Crippen molar-refractivity contribution in [1.29, 1.82) is 0 Å². The minimum absolute atomic E-state index is 0. The Morgan fingerprint density at radius 2 is 1.38 bits per heavy atom. The van der Waals surface area contributed by atoms with E-state index in [-0.39, 0.29) is 56.0 Å². The van der Waals surface area contributed by atoms with E-state index in [4.69, 9.17) is 9.47 Å². The average Bonchev–Trinajstić information content (AvgIpc) is 1.99. The van der Waals surface area contributed by atoms with Crippen LogP contribution in [0.2, 0.25) is 0 Å². The molecule has 0 radical (unpaired) electrons. The summed E-state index contributed by atoms with van der Waals surface area (Å²) >= 11 is 0. The van der Waals surface area contributed by atoms with Gasteiger partial charge in [-0.05, 0) is 34.6 Å². The van der Waals surface area contributed by atoms with Crippen LogP contribution < -0.4 is 0 Å². The van der Waals surface area contributed by atoms with Crippen LogP contribution in [0.5, 0.6) is 0 Å². The maximum absolute atomic E-state index is 11.6. The molecule has 0 unspecified atom stereocenters. The minimum atomic E-state index is -0.922. The number of rotatable bonds is 7. The zero-order chi connectivity index (χ0) is 12.0. The van der Waals surface area contributed by atoms with Crippen molar-refractivity contribution < 1.29 is 19.1 Å². The fraction of sp³-hybridized carbons (Fsp3) is 0.818. The van der Waals surface area contributed by atoms with Crippen LogP contribution in [0, 0.1) is 0 Å². The van der Waals surface area contributed by atoms with Crippen molar-refractivity contribution in [3.63, 3.8) is 0 Å². The van der Waals surface area contributed by atoms with Gasteiger partial charge in [-0.15, -0.1) is 0 Å². The zero-order valence-corrected chi connectivity index (χ0v) is 10.1. The summed E-state index contributed by atoms with van der Waals surface area (Å²) in [5, 5.41) is 0. The van der Waals surface area contributed by atoms with Gasteiger partial charge in [0.25, 0.3) is 0 Å². The van der Waals surface area contributed by atoms with Gasteiger partial charge in [0.2, 0.25) is 6.29 Å². The fourth-order valence-corrected chi connectivity index (χ4v) is 1.01. The van der Waals surface area contributed by atoms with Gasteiger partial charge in [-0.3, -0.25) is 9.59 Å². The van der Waals surface area contributed by atoms with Crippen molar-refractivity contribution >= 4 is 37.4 Å². The number of hydrogen-bond acceptors (Lipinski definition) is 4. The third kappa shape index (κ3) is 9.36. The molecule has 0 aromatic heterocycles. The molecule has 0 aromatic carbocycles. The molecule has 0 aliphatic carbocycles. The molecular weight excluding hydrogens is 311 g/mol.